The van der Waals surface area contributed by atoms with Gasteiger partial charge in [-0.25, -0.2) is 15.0 Å². The number of aromatic nitrogens is 5. The molecule has 0 amide bonds. The van der Waals surface area contributed by atoms with Gasteiger partial charge in [0, 0.05) is 49.6 Å². The zero-order valence-corrected chi connectivity index (χ0v) is 29.7. The summed E-state index contributed by atoms with van der Waals surface area (Å²) in [5.74, 6) is 1.16. The first kappa shape index (κ1) is 24.6. The molecule has 0 atom stereocenters. The molecular formula is C51H33N5. The fourth-order valence-corrected chi connectivity index (χ4v) is 7.66. The lowest BCUT2D eigenvalue weighted by Gasteiger charge is -2.14. The first-order chi connectivity index (χ1) is 31.1. The second kappa shape index (κ2) is 13.0. The predicted molar refractivity (Wildman–Crippen MR) is 230 cm³/mol. The molecule has 3 heterocycles. The van der Waals surface area contributed by atoms with E-state index in [9.17, 15) is 2.74 Å². The van der Waals surface area contributed by atoms with Gasteiger partial charge in [0.15, 0.2) is 17.5 Å². The van der Waals surface area contributed by atoms with Gasteiger partial charge in [-0.05, 0) is 65.7 Å². The van der Waals surface area contributed by atoms with Crippen LogP contribution in [0.25, 0.3) is 100 Å². The molecule has 0 aliphatic rings. The van der Waals surface area contributed by atoms with Crippen LogP contribution in [-0.2, 0) is 0 Å². The molecule has 0 radical (unpaired) electrons. The quantitative estimate of drug-likeness (QED) is 0.172. The van der Waals surface area contributed by atoms with Crippen LogP contribution in [0.3, 0.4) is 0 Å². The fraction of sp³-hybridized carbons (Fsp3) is 0. The Kier molecular flexibility index (Phi) is 5.74. The lowest BCUT2D eigenvalue weighted by atomic mass is 10.0. The van der Waals surface area contributed by atoms with E-state index in [1.165, 1.54) is 4.57 Å². The number of rotatable bonds is 6. The molecule has 0 fully saturated rings. The van der Waals surface area contributed by atoms with Crippen LogP contribution in [0.2, 0.25) is 0 Å². The van der Waals surface area contributed by atoms with E-state index in [-0.39, 0.29) is 33.9 Å². The average Bonchev–Trinajstić information content (AvgIpc) is 3.88. The van der Waals surface area contributed by atoms with Crippen molar-refractivity contribution >= 4 is 43.6 Å². The van der Waals surface area contributed by atoms with Crippen molar-refractivity contribution < 1.29 is 11.0 Å². The summed E-state index contributed by atoms with van der Waals surface area (Å²) in [7, 11) is 0. The topological polar surface area (TPSA) is 48.5 Å². The lowest BCUT2D eigenvalue weighted by molar-refractivity contribution is 1.07. The van der Waals surface area contributed by atoms with Crippen molar-refractivity contribution in [3.63, 3.8) is 0 Å². The van der Waals surface area contributed by atoms with Gasteiger partial charge in [0.25, 0.3) is 0 Å². The minimum atomic E-state index is -0.504. The molecule has 0 N–H and O–H groups in total. The Hall–Kier alpha value is -7.63. The lowest BCUT2D eigenvalue weighted by Crippen LogP contribution is -2.02. The summed E-state index contributed by atoms with van der Waals surface area (Å²) < 4.78 is 74.6. The van der Waals surface area contributed by atoms with Crippen LogP contribution in [0.4, 0.5) is 0 Å². The zero-order valence-electron chi connectivity index (χ0n) is 37.7. The molecule has 0 spiro atoms. The molecule has 0 bridgehead atoms. The van der Waals surface area contributed by atoms with Crippen LogP contribution in [0.15, 0.2) is 200 Å². The Morgan fingerprint density at radius 1 is 0.321 bits per heavy atom. The molecule has 5 heteroatoms. The molecule has 0 unspecified atom stereocenters. The van der Waals surface area contributed by atoms with E-state index < -0.39 is 36.3 Å². The Balaban J connectivity index is 1.22. The van der Waals surface area contributed by atoms with Gasteiger partial charge in [-0.2, -0.15) is 0 Å². The Morgan fingerprint density at radius 3 is 1.54 bits per heavy atom. The smallest absolute Gasteiger partial charge is 0.164 e. The number of para-hydroxylation sites is 4. The number of benzene rings is 8. The number of hydrogen-bond acceptors (Lipinski definition) is 3. The minimum Gasteiger partial charge on any atom is -0.309 e. The fourth-order valence-electron chi connectivity index (χ4n) is 7.66. The summed E-state index contributed by atoms with van der Waals surface area (Å²) in [4.78, 5) is 15.3. The van der Waals surface area contributed by atoms with Gasteiger partial charge >= 0.3 is 0 Å². The average molecular weight is 724 g/mol. The molecule has 262 valence electrons. The van der Waals surface area contributed by atoms with Crippen molar-refractivity contribution in [2.24, 2.45) is 0 Å². The third-order valence-electron chi connectivity index (χ3n) is 10.2. The molecule has 0 saturated carbocycles. The van der Waals surface area contributed by atoms with Gasteiger partial charge in [0.05, 0.1) is 33.0 Å². The number of hydrogen-bond donors (Lipinski definition) is 0. The van der Waals surface area contributed by atoms with Gasteiger partial charge in [-0.1, -0.05) is 145 Å². The standard InChI is InChI=1S/C51H33N5/c1-4-16-34(17-5-1)37-30-38(32-40(31-37)56-46-26-14-10-22-41(46)42-23-11-15-27-47(42)56)51-53-49(35-18-6-2-7-19-35)52-50(54-51)36-28-29-44-43-24-12-13-25-45(43)55(48(44)33-36)39-20-8-3-9-21-39/h1-33H/i10D,11D,14D,15D,22D,23D,26D,27D. The van der Waals surface area contributed by atoms with Crippen molar-refractivity contribution in [1.29, 1.82) is 0 Å². The van der Waals surface area contributed by atoms with E-state index >= 15 is 0 Å². The molecule has 0 aliphatic carbocycles. The second-order valence-electron chi connectivity index (χ2n) is 13.5. The summed E-state index contributed by atoms with van der Waals surface area (Å²) in [5.41, 5.74) is 7.06. The van der Waals surface area contributed by atoms with Crippen molar-refractivity contribution in [3.05, 3.63) is 200 Å². The first-order valence-electron chi connectivity index (χ1n) is 22.2. The van der Waals surface area contributed by atoms with E-state index in [2.05, 4.69) is 41.0 Å². The maximum absolute atomic E-state index is 9.18. The molecule has 0 saturated heterocycles. The van der Waals surface area contributed by atoms with Crippen LogP contribution < -0.4 is 0 Å². The molecule has 11 rings (SSSR count). The number of nitrogens with zero attached hydrogens (tertiary/aromatic N) is 5. The van der Waals surface area contributed by atoms with E-state index in [4.69, 9.17) is 23.2 Å². The molecular weight excluding hydrogens is 683 g/mol. The van der Waals surface area contributed by atoms with Gasteiger partial charge in [-0.15, -0.1) is 0 Å². The Labute approximate surface area is 334 Å². The van der Waals surface area contributed by atoms with Crippen LogP contribution >= 0.6 is 0 Å². The highest BCUT2D eigenvalue weighted by Gasteiger charge is 2.19. The summed E-state index contributed by atoms with van der Waals surface area (Å²) in [6.45, 7) is 0. The molecule has 3 aromatic heterocycles. The van der Waals surface area contributed by atoms with Crippen molar-refractivity contribution in [3.8, 4) is 56.7 Å². The van der Waals surface area contributed by atoms with E-state index in [1.54, 1.807) is 6.07 Å². The third-order valence-corrected chi connectivity index (χ3v) is 10.2. The highest BCUT2D eigenvalue weighted by molar-refractivity contribution is 6.11. The predicted octanol–water partition coefficient (Wildman–Crippen LogP) is 12.7. The summed E-state index contributed by atoms with van der Waals surface area (Å²) in [6, 6.07) is 46.0. The van der Waals surface area contributed by atoms with Gasteiger partial charge in [-0.3, -0.25) is 0 Å². The largest absolute Gasteiger partial charge is 0.309 e. The zero-order chi connectivity index (χ0) is 44.0. The summed E-state index contributed by atoms with van der Waals surface area (Å²) in [5, 5.41) is 2.18. The van der Waals surface area contributed by atoms with Crippen LogP contribution in [0.5, 0.6) is 0 Å². The Morgan fingerprint density at radius 2 is 0.839 bits per heavy atom. The second-order valence-corrected chi connectivity index (χ2v) is 13.5. The monoisotopic (exact) mass is 723 g/mol. The van der Waals surface area contributed by atoms with Crippen LogP contribution in [0.1, 0.15) is 11.0 Å². The maximum Gasteiger partial charge on any atom is 0.164 e. The van der Waals surface area contributed by atoms with Gasteiger partial charge in [0.2, 0.25) is 0 Å². The van der Waals surface area contributed by atoms with Gasteiger partial charge < -0.3 is 9.13 Å². The van der Waals surface area contributed by atoms with Crippen molar-refractivity contribution in [2.45, 2.75) is 0 Å². The summed E-state index contributed by atoms with van der Waals surface area (Å²) >= 11 is 0. The molecule has 11 aromatic rings. The maximum atomic E-state index is 9.18. The van der Waals surface area contributed by atoms with Crippen molar-refractivity contribution in [2.75, 3.05) is 0 Å². The number of fused-ring (bicyclic) bond motifs is 6. The normalized spacial score (nSPS) is 13.6. The molecule has 0 aliphatic heterocycles. The SMILES string of the molecule is [2H]c1c([2H])c([2H])c2c(c1[2H])c1c([2H])c([2H])c([2H])c([2H])c1n2-c1cc(-c2ccccc2)cc(-c2nc(-c3ccccc3)nc(-c3ccc4c5ccccc5n(-c5ccccc5)c4c3)n2)c1. The minimum absolute atomic E-state index is 0.00298. The highest BCUT2D eigenvalue weighted by Crippen LogP contribution is 2.38. The highest BCUT2D eigenvalue weighted by atomic mass is 15.0. The van der Waals surface area contributed by atoms with Gasteiger partial charge in [0.1, 0.15) is 0 Å². The van der Waals surface area contributed by atoms with Crippen molar-refractivity contribution in [1.82, 2.24) is 24.1 Å². The van der Waals surface area contributed by atoms with E-state index in [0.717, 1.165) is 44.2 Å². The van der Waals surface area contributed by atoms with E-state index in [1.807, 2.05) is 109 Å². The third kappa shape index (κ3) is 5.29. The molecule has 56 heavy (non-hydrogen) atoms. The first-order valence-corrected chi connectivity index (χ1v) is 18.2. The summed E-state index contributed by atoms with van der Waals surface area (Å²) in [6.07, 6.45) is 0. The van der Waals surface area contributed by atoms with Crippen LogP contribution in [0, 0.1) is 0 Å². The van der Waals surface area contributed by atoms with Crippen LogP contribution in [-0.4, -0.2) is 24.1 Å². The Bertz CT molecular complexity index is 3630. The molecule has 8 aromatic carbocycles. The molecule has 5 nitrogen and oxygen atoms in total. The van der Waals surface area contributed by atoms with E-state index in [0.29, 0.717) is 34.3 Å².